The molecule has 0 saturated heterocycles. The van der Waals surface area contributed by atoms with E-state index in [1.165, 1.54) is 18.2 Å². The molecule has 1 aromatic rings. The van der Waals surface area contributed by atoms with E-state index in [0.717, 1.165) is 0 Å². The van der Waals surface area contributed by atoms with Crippen molar-refractivity contribution >= 4 is 18.2 Å². The number of rotatable bonds is 2. The summed E-state index contributed by atoms with van der Waals surface area (Å²) in [5, 5.41) is 0. The summed E-state index contributed by atoms with van der Waals surface area (Å²) in [6, 6.07) is 0. The fraction of sp³-hybridized carbons (Fsp3) is 0.500. The van der Waals surface area contributed by atoms with Crippen LogP contribution in [-0.2, 0) is 0 Å². The highest BCUT2D eigenvalue weighted by Crippen LogP contribution is 2.23. The first-order valence-electron chi connectivity index (χ1n) is 3.69. The van der Waals surface area contributed by atoms with Crippen LogP contribution in [0.25, 0.3) is 0 Å². The lowest BCUT2D eigenvalue weighted by Gasteiger charge is -2.11. The van der Waals surface area contributed by atoms with Gasteiger partial charge >= 0.3 is 0 Å². The van der Waals surface area contributed by atoms with Crippen molar-refractivity contribution in [3.63, 3.8) is 0 Å². The van der Waals surface area contributed by atoms with Crippen molar-refractivity contribution in [1.29, 1.82) is 0 Å². The van der Waals surface area contributed by atoms with Crippen LogP contribution in [0.3, 0.4) is 0 Å². The van der Waals surface area contributed by atoms with Crippen LogP contribution in [0.2, 0.25) is 0 Å². The van der Waals surface area contributed by atoms with Crippen molar-refractivity contribution in [2.75, 3.05) is 0 Å². The molecule has 0 aliphatic carbocycles. The Hall–Kier alpha value is -0.770. The minimum Gasteiger partial charge on any atom is -0.444 e. The molecule has 0 radical (unpaired) electrons. The molecule has 12 heavy (non-hydrogen) atoms. The Morgan fingerprint density at radius 2 is 2.33 bits per heavy atom. The molecular weight excluding hydrogens is 172 g/mol. The van der Waals surface area contributed by atoms with E-state index in [9.17, 15) is 0 Å². The fourth-order valence-electron chi connectivity index (χ4n) is 0.528. The van der Waals surface area contributed by atoms with Gasteiger partial charge in [0.1, 0.15) is 6.26 Å². The van der Waals surface area contributed by atoms with Crippen molar-refractivity contribution < 1.29 is 4.42 Å². The zero-order valence-electron chi connectivity index (χ0n) is 7.44. The summed E-state index contributed by atoms with van der Waals surface area (Å²) in [4.78, 5) is 3.91. The van der Waals surface area contributed by atoms with Gasteiger partial charge in [-0.25, -0.2) is 9.38 Å². The first-order chi connectivity index (χ1) is 5.58. The molecule has 0 saturated carbocycles. The molecule has 4 heteroatoms. The predicted molar refractivity (Wildman–Crippen MR) is 51.4 cm³/mol. The second kappa shape index (κ2) is 3.76. The van der Waals surface area contributed by atoms with Crippen LogP contribution in [0.1, 0.15) is 26.7 Å². The Balaban J connectivity index is 2.42. The normalized spacial score (nSPS) is 12.6. The van der Waals surface area contributed by atoms with E-state index >= 15 is 0 Å². The van der Waals surface area contributed by atoms with Crippen LogP contribution >= 0.6 is 11.9 Å². The first kappa shape index (κ1) is 9.32. The van der Waals surface area contributed by atoms with E-state index in [1.54, 1.807) is 12.4 Å². The van der Waals surface area contributed by atoms with Gasteiger partial charge in [0, 0.05) is 4.75 Å². The lowest BCUT2D eigenvalue weighted by molar-refractivity contribution is 0.550. The van der Waals surface area contributed by atoms with Crippen LogP contribution in [0.15, 0.2) is 21.3 Å². The highest BCUT2D eigenvalue weighted by molar-refractivity contribution is 7.99. The number of hydrogen-bond donors (Lipinski definition) is 0. The van der Waals surface area contributed by atoms with E-state index in [1.807, 2.05) is 0 Å². The number of oxazole rings is 1. The lowest BCUT2D eigenvalue weighted by Crippen LogP contribution is -2.04. The van der Waals surface area contributed by atoms with Gasteiger partial charge in [-0.15, -0.1) is 0 Å². The van der Waals surface area contributed by atoms with Gasteiger partial charge in [0.05, 0.1) is 12.4 Å². The smallest absolute Gasteiger partial charge is 0.237 e. The SMILES string of the molecule is CC(C)(C)S/N=C/c1ncco1. The third-order valence-electron chi connectivity index (χ3n) is 0.941. The van der Waals surface area contributed by atoms with E-state index in [2.05, 4.69) is 30.2 Å². The second-order valence-electron chi connectivity index (χ2n) is 3.31. The maximum Gasteiger partial charge on any atom is 0.237 e. The Morgan fingerprint density at radius 1 is 1.58 bits per heavy atom. The Labute approximate surface area is 76.4 Å². The van der Waals surface area contributed by atoms with Gasteiger partial charge in [0.2, 0.25) is 5.89 Å². The molecule has 0 unspecified atom stereocenters. The molecule has 0 N–H and O–H groups in total. The van der Waals surface area contributed by atoms with Crippen molar-refractivity contribution in [3.8, 4) is 0 Å². The largest absolute Gasteiger partial charge is 0.444 e. The third-order valence-corrected chi connectivity index (χ3v) is 1.70. The summed E-state index contributed by atoms with van der Waals surface area (Å²) in [5.41, 5.74) is 0. The van der Waals surface area contributed by atoms with Crippen LogP contribution < -0.4 is 0 Å². The Kier molecular flexibility index (Phi) is 2.92. The minimum atomic E-state index is 0.142. The highest BCUT2D eigenvalue weighted by Gasteiger charge is 2.08. The predicted octanol–water partition coefficient (Wildman–Crippen LogP) is 2.54. The molecule has 0 spiro atoms. The molecule has 1 rings (SSSR count). The molecule has 0 fully saturated rings. The van der Waals surface area contributed by atoms with Crippen molar-refractivity contribution in [1.82, 2.24) is 4.98 Å². The number of nitrogens with zero attached hydrogens (tertiary/aromatic N) is 2. The summed E-state index contributed by atoms with van der Waals surface area (Å²) in [5.74, 6) is 0.548. The first-order valence-corrected chi connectivity index (χ1v) is 4.46. The van der Waals surface area contributed by atoms with E-state index < -0.39 is 0 Å². The fourth-order valence-corrected chi connectivity index (χ4v) is 0.987. The molecule has 0 aromatic carbocycles. The summed E-state index contributed by atoms with van der Waals surface area (Å²) in [7, 11) is 0. The van der Waals surface area contributed by atoms with Crippen LogP contribution in [-0.4, -0.2) is 15.9 Å². The molecule has 1 aromatic heterocycles. The maximum absolute atomic E-state index is 4.97. The van der Waals surface area contributed by atoms with Crippen LogP contribution in [0.5, 0.6) is 0 Å². The van der Waals surface area contributed by atoms with E-state index in [0.29, 0.717) is 5.89 Å². The quantitative estimate of drug-likeness (QED) is 0.523. The molecule has 0 amide bonds. The highest BCUT2D eigenvalue weighted by atomic mass is 32.2. The van der Waals surface area contributed by atoms with Crippen molar-refractivity contribution in [2.24, 2.45) is 4.40 Å². The topological polar surface area (TPSA) is 38.4 Å². The minimum absolute atomic E-state index is 0.142. The van der Waals surface area contributed by atoms with E-state index in [-0.39, 0.29) is 4.75 Å². The maximum atomic E-state index is 4.97. The van der Waals surface area contributed by atoms with Gasteiger partial charge in [-0.3, -0.25) is 0 Å². The third kappa shape index (κ3) is 3.57. The molecule has 0 aliphatic rings. The summed E-state index contributed by atoms with van der Waals surface area (Å²) >= 11 is 1.50. The molecule has 3 nitrogen and oxygen atoms in total. The zero-order chi connectivity index (χ0) is 9.03. The van der Waals surface area contributed by atoms with Gasteiger partial charge in [-0.1, -0.05) is 0 Å². The molecule has 0 bridgehead atoms. The van der Waals surface area contributed by atoms with Gasteiger partial charge in [0.15, 0.2) is 0 Å². The lowest BCUT2D eigenvalue weighted by atomic mass is 10.3. The summed E-state index contributed by atoms with van der Waals surface area (Å²) < 4.78 is 9.24. The van der Waals surface area contributed by atoms with Crippen molar-refractivity contribution in [2.45, 2.75) is 25.5 Å². The Morgan fingerprint density at radius 3 is 2.83 bits per heavy atom. The van der Waals surface area contributed by atoms with E-state index in [4.69, 9.17) is 4.42 Å². The zero-order valence-corrected chi connectivity index (χ0v) is 8.26. The van der Waals surface area contributed by atoms with Gasteiger partial charge in [-0.05, 0) is 32.7 Å². The summed E-state index contributed by atoms with van der Waals surface area (Å²) in [6.45, 7) is 6.31. The van der Waals surface area contributed by atoms with Gasteiger partial charge in [0.25, 0.3) is 0 Å². The molecule has 0 atom stereocenters. The van der Waals surface area contributed by atoms with Crippen LogP contribution in [0, 0.1) is 0 Å². The van der Waals surface area contributed by atoms with Crippen molar-refractivity contribution in [3.05, 3.63) is 18.4 Å². The number of hydrogen-bond acceptors (Lipinski definition) is 4. The summed E-state index contributed by atoms with van der Waals surface area (Å²) in [6.07, 6.45) is 4.75. The van der Waals surface area contributed by atoms with Crippen LogP contribution in [0.4, 0.5) is 0 Å². The number of aromatic nitrogens is 1. The molecule has 1 heterocycles. The second-order valence-corrected chi connectivity index (χ2v) is 4.93. The molecule has 0 aliphatic heterocycles. The molecular formula is C8H12N2OS. The van der Waals surface area contributed by atoms with Gasteiger partial charge in [-0.2, -0.15) is 0 Å². The Bertz CT molecular complexity index is 249. The average Bonchev–Trinajstić information content (AvgIpc) is 2.36. The molecule has 66 valence electrons. The van der Waals surface area contributed by atoms with Gasteiger partial charge < -0.3 is 4.42 Å². The standard InChI is InChI=1S/C8H12N2OS/c1-8(2,3)12-10-6-7-9-4-5-11-7/h4-6H,1-3H3/b10-6+. The monoisotopic (exact) mass is 184 g/mol. The average molecular weight is 184 g/mol.